The molecule has 1 aromatic rings. The Kier molecular flexibility index (Phi) is 4.31. The molecule has 1 unspecified atom stereocenters. The minimum absolute atomic E-state index is 0.377. The van der Waals surface area contributed by atoms with Crippen molar-refractivity contribution in [3.05, 3.63) is 16.1 Å². The number of rotatable bonds is 4. The van der Waals surface area contributed by atoms with Gasteiger partial charge in [0.1, 0.15) is 6.04 Å². The molecule has 1 fully saturated rings. The van der Waals surface area contributed by atoms with Gasteiger partial charge >= 0.3 is 5.97 Å². The largest absolute Gasteiger partial charge is 0.480 e. The molecule has 0 amide bonds. The third-order valence-corrected chi connectivity index (χ3v) is 4.26. The van der Waals surface area contributed by atoms with Crippen LogP contribution in [0, 0.1) is 6.92 Å². The second-order valence-corrected chi connectivity index (χ2v) is 5.99. The zero-order valence-electron chi connectivity index (χ0n) is 10.8. The SMILES string of the molecule is Cc1ncc(CN2CCN(C(C)C(=O)O)CC2)s1. The highest BCUT2D eigenvalue weighted by Crippen LogP contribution is 2.16. The third-order valence-electron chi connectivity index (χ3n) is 3.36. The molecule has 1 aliphatic rings. The van der Waals surface area contributed by atoms with Gasteiger partial charge in [0.15, 0.2) is 0 Å². The lowest BCUT2D eigenvalue weighted by Gasteiger charge is -2.36. The number of piperazine rings is 1. The van der Waals surface area contributed by atoms with Crippen LogP contribution in [-0.4, -0.2) is 58.1 Å². The second-order valence-electron chi connectivity index (χ2n) is 4.67. The lowest BCUT2D eigenvalue weighted by atomic mass is 10.2. The predicted molar refractivity (Wildman–Crippen MR) is 70.8 cm³/mol. The number of carboxylic acid groups (broad SMARTS) is 1. The van der Waals surface area contributed by atoms with Crippen molar-refractivity contribution in [2.75, 3.05) is 26.2 Å². The van der Waals surface area contributed by atoms with Gasteiger partial charge in [0.05, 0.1) is 5.01 Å². The van der Waals surface area contributed by atoms with Crippen molar-refractivity contribution in [3.8, 4) is 0 Å². The number of aliphatic carboxylic acids is 1. The highest BCUT2D eigenvalue weighted by atomic mass is 32.1. The lowest BCUT2D eigenvalue weighted by molar-refractivity contribution is -0.143. The molecule has 18 heavy (non-hydrogen) atoms. The van der Waals surface area contributed by atoms with Crippen LogP contribution in [0.15, 0.2) is 6.20 Å². The van der Waals surface area contributed by atoms with Crippen molar-refractivity contribution < 1.29 is 9.90 Å². The Labute approximate surface area is 111 Å². The average molecular weight is 269 g/mol. The Hall–Kier alpha value is -0.980. The van der Waals surface area contributed by atoms with Crippen LogP contribution in [0.5, 0.6) is 0 Å². The molecule has 0 aromatic carbocycles. The molecule has 0 aliphatic carbocycles. The fourth-order valence-corrected chi connectivity index (χ4v) is 3.00. The molecule has 1 N–H and O–H groups in total. The van der Waals surface area contributed by atoms with Gasteiger partial charge in [-0.05, 0) is 13.8 Å². The highest BCUT2D eigenvalue weighted by Gasteiger charge is 2.25. The summed E-state index contributed by atoms with van der Waals surface area (Å²) in [6, 6.07) is -0.377. The number of aryl methyl sites for hydroxylation is 1. The molecule has 1 aromatic heterocycles. The van der Waals surface area contributed by atoms with E-state index in [0.717, 1.165) is 37.7 Å². The summed E-state index contributed by atoms with van der Waals surface area (Å²) in [5, 5.41) is 10.1. The number of hydrogen-bond acceptors (Lipinski definition) is 5. The van der Waals surface area contributed by atoms with Gasteiger partial charge in [-0.1, -0.05) is 0 Å². The van der Waals surface area contributed by atoms with Crippen LogP contribution in [-0.2, 0) is 11.3 Å². The van der Waals surface area contributed by atoms with Crippen molar-refractivity contribution in [2.24, 2.45) is 0 Å². The molecule has 6 heteroatoms. The predicted octanol–water partition coefficient (Wildman–Crippen LogP) is 1.04. The first kappa shape index (κ1) is 13.5. The Morgan fingerprint density at radius 3 is 2.67 bits per heavy atom. The van der Waals surface area contributed by atoms with Crippen LogP contribution in [0.4, 0.5) is 0 Å². The van der Waals surface area contributed by atoms with E-state index in [1.165, 1.54) is 4.88 Å². The Bertz CT molecular complexity index is 413. The van der Waals surface area contributed by atoms with Crippen LogP contribution in [0.3, 0.4) is 0 Å². The number of aromatic nitrogens is 1. The summed E-state index contributed by atoms with van der Waals surface area (Å²) in [4.78, 5) is 20.8. The molecule has 2 heterocycles. The molecule has 1 atom stereocenters. The molecule has 0 spiro atoms. The first-order chi connectivity index (χ1) is 8.56. The number of carboxylic acids is 1. The van der Waals surface area contributed by atoms with E-state index in [1.54, 1.807) is 18.3 Å². The van der Waals surface area contributed by atoms with Crippen LogP contribution < -0.4 is 0 Å². The van der Waals surface area contributed by atoms with Gasteiger partial charge < -0.3 is 5.11 Å². The number of hydrogen-bond donors (Lipinski definition) is 1. The van der Waals surface area contributed by atoms with Crippen molar-refractivity contribution in [3.63, 3.8) is 0 Å². The molecule has 0 radical (unpaired) electrons. The smallest absolute Gasteiger partial charge is 0.320 e. The Morgan fingerprint density at radius 1 is 1.50 bits per heavy atom. The van der Waals surface area contributed by atoms with E-state index in [2.05, 4.69) is 9.88 Å². The molecular weight excluding hydrogens is 250 g/mol. The average Bonchev–Trinajstić information content (AvgIpc) is 2.75. The van der Waals surface area contributed by atoms with Gasteiger partial charge in [0, 0.05) is 43.8 Å². The lowest BCUT2D eigenvalue weighted by Crippen LogP contribution is -2.51. The van der Waals surface area contributed by atoms with Gasteiger partial charge in [0.2, 0.25) is 0 Å². The summed E-state index contributed by atoms with van der Waals surface area (Å²) < 4.78 is 0. The minimum Gasteiger partial charge on any atom is -0.480 e. The van der Waals surface area contributed by atoms with Crippen LogP contribution >= 0.6 is 11.3 Å². The van der Waals surface area contributed by atoms with Gasteiger partial charge in [-0.25, -0.2) is 4.98 Å². The summed E-state index contributed by atoms with van der Waals surface area (Å²) in [6.45, 7) is 8.20. The van der Waals surface area contributed by atoms with Gasteiger partial charge in [-0.2, -0.15) is 0 Å². The summed E-state index contributed by atoms with van der Waals surface area (Å²) in [6.07, 6.45) is 1.94. The quantitative estimate of drug-likeness (QED) is 0.885. The molecule has 1 aliphatic heterocycles. The Morgan fingerprint density at radius 2 is 2.17 bits per heavy atom. The molecule has 0 saturated carbocycles. The van der Waals surface area contributed by atoms with E-state index >= 15 is 0 Å². The molecule has 0 bridgehead atoms. The van der Waals surface area contributed by atoms with Crippen LogP contribution in [0.1, 0.15) is 16.8 Å². The summed E-state index contributed by atoms with van der Waals surface area (Å²) in [7, 11) is 0. The fourth-order valence-electron chi connectivity index (χ4n) is 2.16. The molecule has 100 valence electrons. The maximum atomic E-state index is 10.9. The van der Waals surface area contributed by atoms with Gasteiger partial charge in [0.25, 0.3) is 0 Å². The topological polar surface area (TPSA) is 56.7 Å². The number of carbonyl (C=O) groups is 1. The van der Waals surface area contributed by atoms with E-state index in [0.29, 0.717) is 0 Å². The standard InChI is InChI=1S/C12H19N3O2S/c1-9(12(16)17)15-5-3-14(4-6-15)8-11-7-13-10(2)18-11/h7,9H,3-6,8H2,1-2H3,(H,16,17). The van der Waals surface area contributed by atoms with E-state index in [9.17, 15) is 4.79 Å². The molecule has 5 nitrogen and oxygen atoms in total. The molecular formula is C12H19N3O2S. The normalized spacial score (nSPS) is 19.9. The Balaban J connectivity index is 1.81. The second kappa shape index (κ2) is 5.77. The highest BCUT2D eigenvalue weighted by molar-refractivity contribution is 7.11. The van der Waals surface area contributed by atoms with E-state index in [-0.39, 0.29) is 6.04 Å². The first-order valence-electron chi connectivity index (χ1n) is 6.17. The van der Waals surface area contributed by atoms with Crippen molar-refractivity contribution in [1.82, 2.24) is 14.8 Å². The number of nitrogens with zero attached hydrogens (tertiary/aromatic N) is 3. The fraction of sp³-hybridized carbons (Fsp3) is 0.667. The molecule has 2 rings (SSSR count). The van der Waals surface area contributed by atoms with E-state index in [4.69, 9.17) is 5.11 Å². The van der Waals surface area contributed by atoms with E-state index < -0.39 is 5.97 Å². The van der Waals surface area contributed by atoms with Crippen molar-refractivity contribution >= 4 is 17.3 Å². The van der Waals surface area contributed by atoms with Crippen molar-refractivity contribution in [1.29, 1.82) is 0 Å². The van der Waals surface area contributed by atoms with Gasteiger partial charge in [-0.15, -0.1) is 11.3 Å². The summed E-state index contributed by atoms with van der Waals surface area (Å²) >= 11 is 1.73. The summed E-state index contributed by atoms with van der Waals surface area (Å²) in [5.74, 6) is -0.735. The summed E-state index contributed by atoms with van der Waals surface area (Å²) in [5.41, 5.74) is 0. The molecule has 1 saturated heterocycles. The van der Waals surface area contributed by atoms with Crippen LogP contribution in [0.2, 0.25) is 0 Å². The zero-order chi connectivity index (χ0) is 13.1. The maximum absolute atomic E-state index is 10.9. The monoisotopic (exact) mass is 269 g/mol. The van der Waals surface area contributed by atoms with Crippen molar-refractivity contribution in [2.45, 2.75) is 26.4 Å². The zero-order valence-corrected chi connectivity index (χ0v) is 11.6. The first-order valence-corrected chi connectivity index (χ1v) is 6.98. The minimum atomic E-state index is -0.735. The van der Waals surface area contributed by atoms with Gasteiger partial charge in [-0.3, -0.25) is 14.6 Å². The van der Waals surface area contributed by atoms with E-state index in [1.807, 2.05) is 18.0 Å². The maximum Gasteiger partial charge on any atom is 0.320 e. The number of thiazole rings is 1. The van der Waals surface area contributed by atoms with Crippen LogP contribution in [0.25, 0.3) is 0 Å². The third kappa shape index (κ3) is 3.28.